The van der Waals surface area contributed by atoms with Gasteiger partial charge in [0.15, 0.2) is 5.41 Å². The maximum Gasteiger partial charge on any atom is 0.218 e. The van der Waals surface area contributed by atoms with Crippen LogP contribution in [0.25, 0.3) is 0 Å². The second-order valence-corrected chi connectivity index (χ2v) is 7.62. The summed E-state index contributed by atoms with van der Waals surface area (Å²) in [7, 11) is 1.51. The molecule has 2 aliphatic rings. The van der Waals surface area contributed by atoms with Crippen LogP contribution in [-0.4, -0.2) is 18.8 Å². The molecule has 0 saturated carbocycles. The van der Waals surface area contributed by atoms with Crippen LogP contribution in [0.15, 0.2) is 48.5 Å². The Bertz CT molecular complexity index is 1180. The van der Waals surface area contributed by atoms with E-state index in [9.17, 15) is 20.2 Å². The van der Waals surface area contributed by atoms with E-state index in [1.165, 1.54) is 32.2 Å². The van der Waals surface area contributed by atoms with Gasteiger partial charge in [0.1, 0.15) is 17.7 Å². The minimum atomic E-state index is -2.25. The molecule has 2 aromatic carbocycles. The van der Waals surface area contributed by atoms with E-state index in [4.69, 9.17) is 19.6 Å². The van der Waals surface area contributed by atoms with Crippen LogP contribution in [0, 0.1) is 56.0 Å². The smallest absolute Gasteiger partial charge is 0.218 e. The van der Waals surface area contributed by atoms with Crippen molar-refractivity contribution in [2.45, 2.75) is 24.7 Å². The van der Waals surface area contributed by atoms with Gasteiger partial charge in [0.25, 0.3) is 0 Å². The highest BCUT2D eigenvalue weighted by Gasteiger charge is 2.79. The van der Waals surface area contributed by atoms with E-state index < -0.39 is 40.4 Å². The molecule has 2 heterocycles. The predicted molar refractivity (Wildman–Crippen MR) is 105 cm³/mol. The molecule has 4 rings (SSSR count). The lowest BCUT2D eigenvalue weighted by atomic mass is 9.52. The summed E-state index contributed by atoms with van der Waals surface area (Å²) in [6, 6.07) is 18.1. The Kier molecular flexibility index (Phi) is 4.47. The minimum Gasteiger partial charge on any atom is -0.497 e. The molecule has 0 radical (unpaired) electrons. The summed E-state index contributed by atoms with van der Waals surface area (Å²) < 4.78 is 31.8. The standard InChI is InChI=1S/C23H17FN4O3/c1-21-18(14-7-9-15(29-2)10-8-14)23(13-27,20(28)31-21)22(11-25,12-26)19(30-21)16-5-3-4-6-17(16)24/h3-10,18-19,28H,1-2H3. The van der Waals surface area contributed by atoms with E-state index in [0.717, 1.165) is 0 Å². The van der Waals surface area contributed by atoms with E-state index in [1.54, 1.807) is 30.3 Å². The van der Waals surface area contributed by atoms with Crippen molar-refractivity contribution in [3.8, 4) is 24.0 Å². The van der Waals surface area contributed by atoms with E-state index in [2.05, 4.69) is 0 Å². The molecule has 31 heavy (non-hydrogen) atoms. The Balaban J connectivity index is 2.02. The summed E-state index contributed by atoms with van der Waals surface area (Å²) in [5, 5.41) is 39.4. The van der Waals surface area contributed by atoms with Gasteiger partial charge in [-0.2, -0.15) is 15.8 Å². The molecule has 2 saturated heterocycles. The lowest BCUT2D eigenvalue weighted by Crippen LogP contribution is -2.57. The van der Waals surface area contributed by atoms with Crippen LogP contribution in [0.1, 0.15) is 30.1 Å². The van der Waals surface area contributed by atoms with E-state index in [0.29, 0.717) is 11.3 Å². The van der Waals surface area contributed by atoms with Crippen molar-refractivity contribution in [2.24, 2.45) is 10.8 Å². The fourth-order valence-electron chi connectivity index (χ4n) is 4.75. The van der Waals surface area contributed by atoms with Gasteiger partial charge in [-0.1, -0.05) is 30.3 Å². The Morgan fingerprint density at radius 2 is 1.68 bits per heavy atom. The SMILES string of the molecule is COc1ccc(C2C3(C)OC(=N)C2(C#N)C(C#N)(C#N)C(c2ccccc2F)O3)cc1. The topological polar surface area (TPSA) is 123 Å². The number of fused-ring (bicyclic) bond motifs is 2. The van der Waals surface area contributed by atoms with E-state index in [1.807, 2.05) is 18.2 Å². The predicted octanol–water partition coefficient (Wildman–Crippen LogP) is 3.96. The summed E-state index contributed by atoms with van der Waals surface area (Å²) in [5.41, 5.74) is -3.82. The molecule has 2 fully saturated rings. The second kappa shape index (κ2) is 6.80. The van der Waals surface area contributed by atoms with Gasteiger partial charge in [0.05, 0.1) is 31.2 Å². The molecule has 2 bridgehead atoms. The minimum absolute atomic E-state index is 0.0528. The number of benzene rings is 2. The molecular weight excluding hydrogens is 399 g/mol. The van der Waals surface area contributed by atoms with Crippen molar-refractivity contribution < 1.29 is 18.6 Å². The van der Waals surface area contributed by atoms with Gasteiger partial charge in [0.2, 0.25) is 17.1 Å². The first-order valence-corrected chi connectivity index (χ1v) is 9.41. The van der Waals surface area contributed by atoms with Gasteiger partial charge >= 0.3 is 0 Å². The summed E-state index contributed by atoms with van der Waals surface area (Å²) >= 11 is 0. The number of methoxy groups -OCH3 is 1. The van der Waals surface area contributed by atoms with Crippen molar-refractivity contribution in [3.05, 3.63) is 65.5 Å². The van der Waals surface area contributed by atoms with Crippen LogP contribution in [0.3, 0.4) is 0 Å². The van der Waals surface area contributed by atoms with Gasteiger partial charge in [0, 0.05) is 12.5 Å². The number of rotatable bonds is 3. The maximum atomic E-state index is 14.7. The summed E-state index contributed by atoms with van der Waals surface area (Å²) in [5.74, 6) is -3.26. The molecule has 2 aromatic rings. The third-order valence-corrected chi connectivity index (χ3v) is 6.15. The first-order valence-electron chi connectivity index (χ1n) is 9.41. The van der Waals surface area contributed by atoms with Crippen LogP contribution >= 0.6 is 0 Å². The van der Waals surface area contributed by atoms with Crippen molar-refractivity contribution in [1.82, 2.24) is 0 Å². The molecule has 4 atom stereocenters. The molecule has 8 heteroatoms. The average molecular weight is 416 g/mol. The lowest BCUT2D eigenvalue weighted by Gasteiger charge is -2.48. The molecule has 4 unspecified atom stereocenters. The number of ether oxygens (including phenoxy) is 3. The van der Waals surface area contributed by atoms with Crippen LogP contribution in [0.2, 0.25) is 0 Å². The zero-order valence-corrected chi connectivity index (χ0v) is 16.7. The Hall–Kier alpha value is -3.93. The Morgan fingerprint density at radius 1 is 1.03 bits per heavy atom. The van der Waals surface area contributed by atoms with Gasteiger partial charge in [-0.05, 0) is 23.8 Å². The van der Waals surface area contributed by atoms with Crippen molar-refractivity contribution >= 4 is 5.90 Å². The first-order chi connectivity index (χ1) is 14.8. The number of halogens is 1. The molecule has 7 nitrogen and oxygen atoms in total. The van der Waals surface area contributed by atoms with Gasteiger partial charge < -0.3 is 14.2 Å². The quantitative estimate of drug-likeness (QED) is 0.808. The van der Waals surface area contributed by atoms with E-state index in [-0.39, 0.29) is 5.56 Å². The molecule has 1 N–H and O–H groups in total. The molecule has 0 spiro atoms. The van der Waals surface area contributed by atoms with Crippen LogP contribution in [0.4, 0.5) is 4.39 Å². The zero-order valence-electron chi connectivity index (χ0n) is 16.7. The fourth-order valence-corrected chi connectivity index (χ4v) is 4.75. The van der Waals surface area contributed by atoms with Crippen LogP contribution in [-0.2, 0) is 9.47 Å². The summed E-state index contributed by atoms with van der Waals surface area (Å²) in [4.78, 5) is 0. The van der Waals surface area contributed by atoms with Crippen molar-refractivity contribution in [1.29, 1.82) is 21.2 Å². The highest BCUT2D eigenvalue weighted by atomic mass is 19.1. The largest absolute Gasteiger partial charge is 0.497 e. The van der Waals surface area contributed by atoms with Gasteiger partial charge in [-0.3, -0.25) is 5.41 Å². The molecule has 0 aliphatic carbocycles. The monoisotopic (exact) mass is 416 g/mol. The number of nitriles is 3. The number of hydrogen-bond acceptors (Lipinski definition) is 7. The first kappa shape index (κ1) is 20.3. The maximum absolute atomic E-state index is 14.7. The molecule has 0 aromatic heterocycles. The van der Waals surface area contributed by atoms with Gasteiger partial charge in [-0.15, -0.1) is 0 Å². The summed E-state index contributed by atoms with van der Waals surface area (Å²) in [6.45, 7) is 1.53. The number of hydrogen-bond donors (Lipinski definition) is 1. The fraction of sp³-hybridized carbons (Fsp3) is 0.304. The molecule has 2 aliphatic heterocycles. The highest BCUT2D eigenvalue weighted by molar-refractivity contribution is 5.90. The van der Waals surface area contributed by atoms with Crippen LogP contribution < -0.4 is 4.74 Å². The third kappa shape index (κ3) is 2.42. The van der Waals surface area contributed by atoms with E-state index >= 15 is 0 Å². The molecular formula is C23H17FN4O3. The Morgan fingerprint density at radius 3 is 2.23 bits per heavy atom. The van der Waals surface area contributed by atoms with Crippen LogP contribution in [0.5, 0.6) is 5.75 Å². The molecule has 154 valence electrons. The summed E-state index contributed by atoms with van der Waals surface area (Å²) in [6.07, 6.45) is -1.45. The number of nitrogens with zero attached hydrogens (tertiary/aromatic N) is 3. The third-order valence-electron chi connectivity index (χ3n) is 6.15. The average Bonchev–Trinajstić information content (AvgIpc) is 2.97. The van der Waals surface area contributed by atoms with Crippen molar-refractivity contribution in [3.63, 3.8) is 0 Å². The second-order valence-electron chi connectivity index (χ2n) is 7.62. The number of nitrogens with one attached hydrogen (secondary N) is 1. The zero-order chi connectivity index (χ0) is 22.4. The Labute approximate surface area is 178 Å². The lowest BCUT2D eigenvalue weighted by molar-refractivity contribution is -0.254. The molecule has 0 amide bonds. The normalized spacial score (nSPS) is 30.4. The van der Waals surface area contributed by atoms with Crippen molar-refractivity contribution in [2.75, 3.05) is 7.11 Å². The highest BCUT2D eigenvalue weighted by Crippen LogP contribution is 2.69. The van der Waals surface area contributed by atoms with Gasteiger partial charge in [-0.25, -0.2) is 4.39 Å².